The normalized spacial score (nSPS) is 12.1. The fraction of sp³-hybridized carbons (Fsp3) is 0.161. The van der Waals surface area contributed by atoms with E-state index in [1.807, 2.05) is 6.92 Å². The molecule has 0 aliphatic heterocycles. The molecule has 10 nitrogen and oxygen atoms in total. The minimum Gasteiger partial charge on any atom is -0.454 e. The number of hydrogen-bond acceptors (Lipinski definition) is 8. The Hall–Kier alpha value is -4.88. The summed E-state index contributed by atoms with van der Waals surface area (Å²) in [6.45, 7) is 3.53. The molecular formula is C31H25FN6O4S2. The highest BCUT2D eigenvalue weighted by molar-refractivity contribution is 7.92. The number of pyridine rings is 1. The van der Waals surface area contributed by atoms with Gasteiger partial charge in [-0.3, -0.25) is 13.9 Å². The molecule has 13 heteroatoms. The van der Waals surface area contributed by atoms with E-state index < -0.39 is 10.0 Å². The number of nitrogens with zero attached hydrogens (tertiary/aromatic N) is 4. The van der Waals surface area contributed by atoms with Crippen LogP contribution in [0, 0.1) is 5.82 Å². The number of halogens is 1. The van der Waals surface area contributed by atoms with Crippen molar-refractivity contribution in [1.29, 1.82) is 0 Å². The first-order chi connectivity index (χ1) is 21.2. The van der Waals surface area contributed by atoms with Crippen molar-refractivity contribution in [1.82, 2.24) is 24.7 Å². The number of rotatable bonds is 7. The van der Waals surface area contributed by atoms with Gasteiger partial charge in [0.2, 0.25) is 10.0 Å². The first-order valence-electron chi connectivity index (χ1n) is 13.8. The molecule has 0 saturated heterocycles. The molecule has 0 unspecified atom stereocenters. The number of benzene rings is 2. The lowest BCUT2D eigenvalue weighted by Crippen LogP contribution is -2.18. The molecule has 0 saturated carbocycles. The van der Waals surface area contributed by atoms with Gasteiger partial charge in [-0.25, -0.2) is 27.8 Å². The summed E-state index contributed by atoms with van der Waals surface area (Å²) in [5.74, 6) is -0.535. The minimum absolute atomic E-state index is 0.157. The van der Waals surface area contributed by atoms with Crippen molar-refractivity contribution in [2.45, 2.75) is 20.3 Å². The number of anilines is 1. The third-order valence-electron chi connectivity index (χ3n) is 7.54. The van der Waals surface area contributed by atoms with Crippen LogP contribution in [0.15, 0.2) is 65.5 Å². The van der Waals surface area contributed by atoms with Gasteiger partial charge < -0.3 is 9.73 Å². The van der Waals surface area contributed by atoms with Gasteiger partial charge in [0, 0.05) is 35.6 Å². The van der Waals surface area contributed by atoms with E-state index in [4.69, 9.17) is 9.40 Å². The van der Waals surface area contributed by atoms with Gasteiger partial charge in [0.15, 0.2) is 5.76 Å². The number of aryl methyl sites for hydroxylation is 1. The number of nitrogens with one attached hydrogen (secondary N) is 2. The minimum atomic E-state index is -3.71. The molecule has 2 N–H and O–H groups in total. The maximum absolute atomic E-state index is 14.7. The number of sulfonamides is 1. The lowest BCUT2D eigenvalue weighted by Gasteiger charge is -2.13. The molecule has 0 aliphatic rings. The van der Waals surface area contributed by atoms with E-state index in [0.29, 0.717) is 65.9 Å². The van der Waals surface area contributed by atoms with Gasteiger partial charge >= 0.3 is 0 Å². The molecule has 0 bridgehead atoms. The molecule has 5 aromatic heterocycles. The van der Waals surface area contributed by atoms with Crippen LogP contribution in [0.1, 0.15) is 29.2 Å². The maximum atomic E-state index is 14.7. The van der Waals surface area contributed by atoms with E-state index in [0.717, 1.165) is 11.4 Å². The van der Waals surface area contributed by atoms with Crippen LogP contribution in [0.25, 0.3) is 60.3 Å². The predicted molar refractivity (Wildman–Crippen MR) is 170 cm³/mol. The Kier molecular flexibility index (Phi) is 6.59. The van der Waals surface area contributed by atoms with E-state index in [9.17, 15) is 17.6 Å². The highest BCUT2D eigenvalue weighted by Gasteiger charge is 2.26. The quantitative estimate of drug-likeness (QED) is 0.209. The molecule has 0 fully saturated rings. The summed E-state index contributed by atoms with van der Waals surface area (Å²) in [6.07, 6.45) is 4.02. The first-order valence-corrected chi connectivity index (χ1v) is 16.3. The smallest absolute Gasteiger partial charge is 0.255 e. The second-order valence-electron chi connectivity index (χ2n) is 10.1. The van der Waals surface area contributed by atoms with E-state index in [1.54, 1.807) is 59.4 Å². The fourth-order valence-corrected chi connectivity index (χ4v) is 6.81. The lowest BCUT2D eigenvalue weighted by atomic mass is 10.0. The molecule has 0 radical (unpaired) electrons. The Bertz CT molecular complexity index is 2390. The highest BCUT2D eigenvalue weighted by Crippen LogP contribution is 2.41. The molecule has 0 atom stereocenters. The fourth-order valence-electron chi connectivity index (χ4n) is 5.32. The van der Waals surface area contributed by atoms with Crippen LogP contribution in [0.3, 0.4) is 0 Å². The summed E-state index contributed by atoms with van der Waals surface area (Å²) in [7, 11) is -2.18. The second kappa shape index (κ2) is 10.4. The standard InChI is InChI=1S/C31H25FN6O4S2/c1-4-27-34-14-26(43-27)30-28(31(39)33-3)18-11-17(22(13-25(18)42-30)37-44(40,41)5-2)20-9-10-21-29(36-20)24-12-16-19(32)7-6-8-23(16)38(24)15-35-21/h6-15,37H,4-5H2,1-3H3,(H,33,39). The molecular weight excluding hydrogens is 604 g/mol. The molecule has 222 valence electrons. The van der Waals surface area contributed by atoms with Crippen LogP contribution in [0.5, 0.6) is 0 Å². The van der Waals surface area contributed by atoms with Crippen LogP contribution in [0.4, 0.5) is 10.1 Å². The zero-order valence-corrected chi connectivity index (χ0v) is 25.4. The largest absolute Gasteiger partial charge is 0.454 e. The molecule has 0 spiro atoms. The van der Waals surface area contributed by atoms with Crippen molar-refractivity contribution in [3.8, 4) is 21.9 Å². The van der Waals surface area contributed by atoms with Gasteiger partial charge in [0.1, 0.15) is 23.2 Å². The van der Waals surface area contributed by atoms with Crippen molar-refractivity contribution in [3.63, 3.8) is 0 Å². The molecule has 5 heterocycles. The van der Waals surface area contributed by atoms with E-state index in [2.05, 4.69) is 20.0 Å². The van der Waals surface area contributed by atoms with Gasteiger partial charge in [-0.15, -0.1) is 11.3 Å². The van der Waals surface area contributed by atoms with Crippen LogP contribution >= 0.6 is 11.3 Å². The topological polar surface area (TPSA) is 131 Å². The SMILES string of the molecule is CCc1ncc(-c2oc3cc(NS(=O)(=O)CC)c(-c4ccc5ncn6c7cccc(F)c7cc6c5n4)cc3c2C(=O)NC)s1. The van der Waals surface area contributed by atoms with Crippen molar-refractivity contribution in [2.75, 3.05) is 17.5 Å². The van der Waals surface area contributed by atoms with E-state index in [1.165, 1.54) is 31.4 Å². The summed E-state index contributed by atoms with van der Waals surface area (Å²) >= 11 is 1.42. The third-order valence-corrected chi connectivity index (χ3v) is 9.97. The van der Waals surface area contributed by atoms with Crippen LogP contribution in [-0.2, 0) is 16.4 Å². The molecule has 2 aromatic carbocycles. The molecule has 0 aliphatic carbocycles. The monoisotopic (exact) mass is 628 g/mol. The van der Waals surface area contributed by atoms with Crippen molar-refractivity contribution in [3.05, 3.63) is 77.4 Å². The lowest BCUT2D eigenvalue weighted by molar-refractivity contribution is 0.0964. The predicted octanol–water partition coefficient (Wildman–Crippen LogP) is 6.40. The summed E-state index contributed by atoms with van der Waals surface area (Å²) in [5, 5.41) is 4.49. The Morgan fingerprint density at radius 1 is 1.07 bits per heavy atom. The Morgan fingerprint density at radius 3 is 2.66 bits per heavy atom. The number of fused-ring (bicyclic) bond motifs is 6. The summed E-state index contributed by atoms with van der Waals surface area (Å²) in [6, 6.07) is 13.3. The number of hydrogen-bond donors (Lipinski definition) is 2. The third kappa shape index (κ3) is 4.47. The van der Waals surface area contributed by atoms with Gasteiger partial charge in [0.25, 0.3) is 5.91 Å². The summed E-state index contributed by atoms with van der Waals surface area (Å²) in [4.78, 5) is 27.8. The summed E-state index contributed by atoms with van der Waals surface area (Å²) < 4.78 is 50.9. The van der Waals surface area contributed by atoms with Gasteiger partial charge in [-0.1, -0.05) is 13.0 Å². The maximum Gasteiger partial charge on any atom is 0.255 e. The van der Waals surface area contributed by atoms with Crippen molar-refractivity contribution in [2.24, 2.45) is 0 Å². The Morgan fingerprint density at radius 2 is 1.91 bits per heavy atom. The first kappa shape index (κ1) is 27.9. The average molecular weight is 629 g/mol. The number of aromatic nitrogens is 4. The van der Waals surface area contributed by atoms with Crippen LogP contribution in [-0.4, -0.2) is 46.5 Å². The van der Waals surface area contributed by atoms with Crippen LogP contribution in [0.2, 0.25) is 0 Å². The van der Waals surface area contributed by atoms with Gasteiger partial charge in [0.05, 0.1) is 49.1 Å². The average Bonchev–Trinajstić information content (AvgIpc) is 3.75. The molecule has 44 heavy (non-hydrogen) atoms. The van der Waals surface area contributed by atoms with E-state index in [-0.39, 0.29) is 23.2 Å². The zero-order chi connectivity index (χ0) is 30.7. The number of amides is 1. The Labute approximate surface area is 254 Å². The summed E-state index contributed by atoms with van der Waals surface area (Å²) in [5.41, 5.74) is 4.08. The van der Waals surface area contributed by atoms with Crippen molar-refractivity contribution < 1.29 is 22.0 Å². The Balaban J connectivity index is 1.51. The van der Waals surface area contributed by atoms with Crippen molar-refractivity contribution >= 4 is 71.4 Å². The van der Waals surface area contributed by atoms with Gasteiger partial charge in [-0.2, -0.15) is 0 Å². The number of furan rings is 1. The highest BCUT2D eigenvalue weighted by atomic mass is 32.2. The number of carbonyl (C=O) groups excluding carboxylic acids is 1. The zero-order valence-electron chi connectivity index (χ0n) is 23.8. The number of thiazole rings is 1. The molecule has 1 amide bonds. The van der Waals surface area contributed by atoms with E-state index >= 15 is 0 Å². The molecule has 7 rings (SSSR count). The van der Waals surface area contributed by atoms with Gasteiger partial charge in [-0.05, 0) is 49.7 Å². The number of carbonyl (C=O) groups is 1. The molecule has 7 aromatic rings. The second-order valence-corrected chi connectivity index (χ2v) is 13.3. The van der Waals surface area contributed by atoms with Crippen LogP contribution < -0.4 is 10.0 Å².